The zero-order valence-electron chi connectivity index (χ0n) is 11.6. The van der Waals surface area contributed by atoms with Gasteiger partial charge in [0.1, 0.15) is 5.82 Å². The van der Waals surface area contributed by atoms with E-state index in [1.165, 1.54) is 43.0 Å². The van der Waals surface area contributed by atoms with Gasteiger partial charge in [0.05, 0.1) is 6.04 Å². The summed E-state index contributed by atoms with van der Waals surface area (Å²) in [5.41, 5.74) is 2.96. The number of rotatable bonds is 4. The molecule has 1 aliphatic carbocycles. The zero-order chi connectivity index (χ0) is 13.9. The standard InChI is InChI=1S/C16H21FN2S/c17-13-7-6-12-9-16(20-15(12)10-13)14(19-18)8-11-4-2-1-3-5-11/h6-7,9-11,14,19H,1-5,8,18H2. The Morgan fingerprint density at radius 2 is 2.05 bits per heavy atom. The summed E-state index contributed by atoms with van der Waals surface area (Å²) in [6.45, 7) is 0. The molecule has 108 valence electrons. The Balaban J connectivity index is 1.79. The zero-order valence-corrected chi connectivity index (χ0v) is 12.4. The average Bonchev–Trinajstić information content (AvgIpc) is 2.88. The van der Waals surface area contributed by atoms with Gasteiger partial charge in [0.25, 0.3) is 0 Å². The first-order valence-electron chi connectivity index (χ1n) is 7.41. The second-order valence-electron chi connectivity index (χ2n) is 5.79. The Kier molecular flexibility index (Phi) is 4.34. The molecule has 0 saturated heterocycles. The number of thiophene rings is 1. The number of halogens is 1. The van der Waals surface area contributed by atoms with Crippen LogP contribution in [0.3, 0.4) is 0 Å². The maximum atomic E-state index is 13.3. The Labute approximate surface area is 123 Å². The van der Waals surface area contributed by atoms with Crippen LogP contribution in [-0.2, 0) is 0 Å². The molecule has 1 saturated carbocycles. The lowest BCUT2D eigenvalue weighted by Gasteiger charge is -2.25. The van der Waals surface area contributed by atoms with Gasteiger partial charge in [-0.2, -0.15) is 0 Å². The molecule has 1 atom stereocenters. The van der Waals surface area contributed by atoms with E-state index in [1.807, 2.05) is 6.07 Å². The van der Waals surface area contributed by atoms with Gasteiger partial charge in [-0.1, -0.05) is 38.2 Å². The third-order valence-electron chi connectivity index (χ3n) is 4.34. The fraction of sp³-hybridized carbons (Fsp3) is 0.500. The topological polar surface area (TPSA) is 38.0 Å². The van der Waals surface area contributed by atoms with Crippen LogP contribution in [0.1, 0.15) is 49.4 Å². The second kappa shape index (κ2) is 6.20. The number of benzene rings is 1. The van der Waals surface area contributed by atoms with Gasteiger partial charge >= 0.3 is 0 Å². The van der Waals surface area contributed by atoms with Gasteiger partial charge in [0.15, 0.2) is 0 Å². The molecule has 0 radical (unpaired) electrons. The second-order valence-corrected chi connectivity index (χ2v) is 6.91. The van der Waals surface area contributed by atoms with Crippen molar-refractivity contribution in [3.05, 3.63) is 35.0 Å². The number of fused-ring (bicyclic) bond motifs is 1. The molecule has 1 aromatic carbocycles. The van der Waals surface area contributed by atoms with Crippen LogP contribution in [0.25, 0.3) is 10.1 Å². The van der Waals surface area contributed by atoms with Gasteiger partial charge in [-0.05, 0) is 35.9 Å². The Morgan fingerprint density at radius 1 is 1.25 bits per heavy atom. The lowest BCUT2D eigenvalue weighted by Crippen LogP contribution is -2.29. The molecule has 3 rings (SSSR count). The van der Waals surface area contributed by atoms with Crippen LogP contribution in [0.2, 0.25) is 0 Å². The molecule has 1 aliphatic rings. The van der Waals surface area contributed by atoms with Crippen LogP contribution < -0.4 is 11.3 Å². The third kappa shape index (κ3) is 3.03. The van der Waals surface area contributed by atoms with E-state index in [9.17, 15) is 4.39 Å². The molecule has 0 bridgehead atoms. The Hall–Kier alpha value is -0.970. The highest BCUT2D eigenvalue weighted by atomic mass is 32.1. The Bertz CT molecular complexity index is 575. The number of hydrogen-bond donors (Lipinski definition) is 2. The first-order chi connectivity index (χ1) is 9.76. The summed E-state index contributed by atoms with van der Waals surface area (Å²) in [4.78, 5) is 1.22. The molecule has 20 heavy (non-hydrogen) atoms. The summed E-state index contributed by atoms with van der Waals surface area (Å²) in [5, 5.41) is 1.11. The summed E-state index contributed by atoms with van der Waals surface area (Å²) in [5.74, 6) is 6.36. The van der Waals surface area contributed by atoms with E-state index in [0.717, 1.165) is 22.4 Å². The summed E-state index contributed by atoms with van der Waals surface area (Å²) in [7, 11) is 0. The van der Waals surface area contributed by atoms with Crippen molar-refractivity contribution in [2.24, 2.45) is 11.8 Å². The monoisotopic (exact) mass is 292 g/mol. The minimum atomic E-state index is -0.171. The summed E-state index contributed by atoms with van der Waals surface area (Å²) < 4.78 is 14.3. The number of hydrogen-bond acceptors (Lipinski definition) is 3. The normalized spacial score (nSPS) is 18.5. The van der Waals surface area contributed by atoms with Gasteiger partial charge in [-0.3, -0.25) is 11.3 Å². The molecular weight excluding hydrogens is 271 g/mol. The van der Waals surface area contributed by atoms with Crippen molar-refractivity contribution in [2.75, 3.05) is 0 Å². The van der Waals surface area contributed by atoms with E-state index in [-0.39, 0.29) is 11.9 Å². The Morgan fingerprint density at radius 3 is 2.80 bits per heavy atom. The van der Waals surface area contributed by atoms with Crippen LogP contribution in [0, 0.1) is 11.7 Å². The molecule has 1 unspecified atom stereocenters. The van der Waals surface area contributed by atoms with Crippen molar-refractivity contribution in [2.45, 2.75) is 44.6 Å². The van der Waals surface area contributed by atoms with Gasteiger partial charge < -0.3 is 0 Å². The molecule has 0 amide bonds. The highest BCUT2D eigenvalue weighted by Crippen LogP contribution is 2.36. The quantitative estimate of drug-likeness (QED) is 0.642. The van der Waals surface area contributed by atoms with Crippen molar-refractivity contribution in [3.8, 4) is 0 Å². The molecule has 4 heteroatoms. The lowest BCUT2D eigenvalue weighted by molar-refractivity contribution is 0.303. The predicted octanol–water partition coefficient (Wildman–Crippen LogP) is 4.52. The smallest absolute Gasteiger partial charge is 0.124 e. The highest BCUT2D eigenvalue weighted by molar-refractivity contribution is 7.19. The minimum absolute atomic E-state index is 0.171. The lowest BCUT2D eigenvalue weighted by atomic mass is 9.84. The summed E-state index contributed by atoms with van der Waals surface area (Å²) in [6, 6.07) is 7.31. The first-order valence-corrected chi connectivity index (χ1v) is 8.23. The van der Waals surface area contributed by atoms with E-state index in [1.54, 1.807) is 17.4 Å². The summed E-state index contributed by atoms with van der Waals surface area (Å²) in [6.07, 6.45) is 7.79. The van der Waals surface area contributed by atoms with Crippen LogP contribution in [0.5, 0.6) is 0 Å². The molecule has 0 aliphatic heterocycles. The van der Waals surface area contributed by atoms with Crippen molar-refractivity contribution in [1.82, 2.24) is 5.43 Å². The van der Waals surface area contributed by atoms with Crippen LogP contribution in [-0.4, -0.2) is 0 Å². The molecule has 2 aromatic rings. The van der Waals surface area contributed by atoms with E-state index in [0.29, 0.717) is 0 Å². The molecule has 1 aromatic heterocycles. The van der Waals surface area contributed by atoms with Crippen LogP contribution in [0.15, 0.2) is 24.3 Å². The van der Waals surface area contributed by atoms with Gasteiger partial charge in [0, 0.05) is 9.58 Å². The molecule has 1 heterocycles. The molecule has 0 spiro atoms. The number of hydrazine groups is 1. The minimum Gasteiger partial charge on any atom is -0.271 e. The van der Waals surface area contributed by atoms with Gasteiger partial charge in [-0.15, -0.1) is 11.3 Å². The number of nitrogens with two attached hydrogens (primary N) is 1. The molecule has 1 fully saturated rings. The van der Waals surface area contributed by atoms with E-state index >= 15 is 0 Å². The van der Waals surface area contributed by atoms with E-state index < -0.39 is 0 Å². The fourth-order valence-electron chi connectivity index (χ4n) is 3.22. The fourth-order valence-corrected chi connectivity index (χ4v) is 4.38. The van der Waals surface area contributed by atoms with Gasteiger partial charge in [0.2, 0.25) is 0 Å². The van der Waals surface area contributed by atoms with Gasteiger partial charge in [-0.25, -0.2) is 4.39 Å². The maximum absolute atomic E-state index is 13.3. The third-order valence-corrected chi connectivity index (χ3v) is 5.55. The molecule has 3 N–H and O–H groups in total. The largest absolute Gasteiger partial charge is 0.271 e. The van der Waals surface area contributed by atoms with Crippen molar-refractivity contribution in [3.63, 3.8) is 0 Å². The molecular formula is C16H21FN2S. The van der Waals surface area contributed by atoms with E-state index in [2.05, 4.69) is 11.5 Å². The van der Waals surface area contributed by atoms with Crippen LogP contribution in [0.4, 0.5) is 4.39 Å². The maximum Gasteiger partial charge on any atom is 0.124 e. The first kappa shape index (κ1) is 14.0. The van der Waals surface area contributed by atoms with Crippen molar-refractivity contribution < 1.29 is 4.39 Å². The van der Waals surface area contributed by atoms with E-state index in [4.69, 9.17) is 5.84 Å². The molecule has 2 nitrogen and oxygen atoms in total. The van der Waals surface area contributed by atoms with Crippen molar-refractivity contribution in [1.29, 1.82) is 0 Å². The summed E-state index contributed by atoms with van der Waals surface area (Å²) >= 11 is 1.65. The average molecular weight is 292 g/mol. The van der Waals surface area contributed by atoms with Crippen molar-refractivity contribution >= 4 is 21.4 Å². The highest BCUT2D eigenvalue weighted by Gasteiger charge is 2.21. The number of nitrogens with one attached hydrogen (secondary N) is 1. The SMILES string of the molecule is NNC(CC1CCCCC1)c1cc2ccc(F)cc2s1. The predicted molar refractivity (Wildman–Crippen MR) is 83.0 cm³/mol. The van der Waals surface area contributed by atoms with Crippen LogP contribution >= 0.6 is 11.3 Å².